The summed E-state index contributed by atoms with van der Waals surface area (Å²) in [4.78, 5) is 27.9. The number of nitrogens with one attached hydrogen (secondary N) is 1. The number of hydrogen-bond acceptors (Lipinski definition) is 7. The highest BCUT2D eigenvalue weighted by Crippen LogP contribution is 2.37. The number of methoxy groups -OCH3 is 2. The smallest absolute Gasteiger partial charge is 0.340 e. The van der Waals surface area contributed by atoms with Crippen molar-refractivity contribution in [2.24, 2.45) is 5.92 Å². The molecular formula is C22H34N2O6S2. The number of ether oxygens (including phenoxy) is 2. The van der Waals surface area contributed by atoms with Crippen LogP contribution in [0.2, 0.25) is 0 Å². The zero-order valence-corrected chi connectivity index (χ0v) is 20.8. The number of carbonyl (C=O) groups is 2. The molecule has 1 amide bonds. The van der Waals surface area contributed by atoms with Gasteiger partial charge < -0.3 is 14.4 Å². The van der Waals surface area contributed by atoms with Crippen molar-refractivity contribution in [3.05, 3.63) is 16.0 Å². The van der Waals surface area contributed by atoms with E-state index in [-0.39, 0.29) is 22.3 Å². The predicted octanol–water partition coefficient (Wildman–Crippen LogP) is 3.09. The molecule has 1 aromatic rings. The number of fused-ring (bicyclic) bond motifs is 1. The van der Waals surface area contributed by atoms with Crippen LogP contribution < -0.4 is 4.72 Å². The molecule has 1 aliphatic heterocycles. The van der Waals surface area contributed by atoms with Gasteiger partial charge in [0.15, 0.2) is 0 Å². The van der Waals surface area contributed by atoms with Crippen LogP contribution in [0.1, 0.15) is 72.7 Å². The minimum absolute atomic E-state index is 0.0474. The van der Waals surface area contributed by atoms with Crippen LogP contribution in [-0.4, -0.2) is 58.6 Å². The summed E-state index contributed by atoms with van der Waals surface area (Å²) in [6.45, 7) is 2.71. The molecule has 2 heterocycles. The number of carbonyl (C=O) groups excluding carboxylic acids is 2. The van der Waals surface area contributed by atoms with Crippen LogP contribution in [0.15, 0.2) is 4.21 Å². The van der Waals surface area contributed by atoms with E-state index in [4.69, 9.17) is 9.47 Å². The Morgan fingerprint density at radius 3 is 2.59 bits per heavy atom. The van der Waals surface area contributed by atoms with E-state index in [0.717, 1.165) is 22.6 Å². The molecule has 1 aliphatic carbocycles. The molecule has 8 nitrogen and oxygen atoms in total. The Hall–Kier alpha value is -1.49. The van der Waals surface area contributed by atoms with Gasteiger partial charge in [0.1, 0.15) is 4.21 Å². The van der Waals surface area contributed by atoms with Gasteiger partial charge in [-0.2, -0.15) is 0 Å². The van der Waals surface area contributed by atoms with Crippen LogP contribution >= 0.6 is 11.3 Å². The molecule has 1 fully saturated rings. The summed E-state index contributed by atoms with van der Waals surface area (Å²) in [6, 6.07) is -0.451. The number of hydrogen-bond donors (Lipinski definition) is 1. The minimum atomic E-state index is -3.94. The topological polar surface area (TPSA) is 102 Å². The highest BCUT2D eigenvalue weighted by atomic mass is 32.2. The summed E-state index contributed by atoms with van der Waals surface area (Å²) in [6.07, 6.45) is 8.11. The molecule has 0 aromatic carbocycles. The Bertz CT molecular complexity index is 921. The number of thiophene rings is 1. The quantitative estimate of drug-likeness (QED) is 0.538. The zero-order valence-electron chi connectivity index (χ0n) is 19.1. The number of sulfonamides is 1. The molecule has 1 atom stereocenters. The van der Waals surface area contributed by atoms with Gasteiger partial charge in [0, 0.05) is 31.0 Å². The van der Waals surface area contributed by atoms with E-state index in [1.54, 1.807) is 11.8 Å². The first-order valence-corrected chi connectivity index (χ1v) is 13.6. The average Bonchev–Trinajstić information content (AvgIpc) is 3.17. The van der Waals surface area contributed by atoms with Crippen molar-refractivity contribution in [2.75, 3.05) is 27.4 Å². The summed E-state index contributed by atoms with van der Waals surface area (Å²) in [5.74, 6) is 0.0717. The Morgan fingerprint density at radius 1 is 1.22 bits per heavy atom. The van der Waals surface area contributed by atoms with Crippen LogP contribution in [-0.2, 0) is 37.3 Å². The molecule has 1 N–H and O–H groups in total. The van der Waals surface area contributed by atoms with E-state index in [1.807, 2.05) is 0 Å². The van der Waals surface area contributed by atoms with Gasteiger partial charge in [0.2, 0.25) is 5.91 Å². The maximum absolute atomic E-state index is 13.0. The first-order valence-electron chi connectivity index (χ1n) is 11.3. The maximum Gasteiger partial charge on any atom is 0.340 e. The van der Waals surface area contributed by atoms with Gasteiger partial charge in [0.25, 0.3) is 10.0 Å². The lowest BCUT2D eigenvalue weighted by Crippen LogP contribution is -2.36. The molecule has 3 rings (SSSR count). The molecule has 0 bridgehead atoms. The second-order valence-electron chi connectivity index (χ2n) is 8.74. The van der Waals surface area contributed by atoms with Crippen molar-refractivity contribution >= 4 is 33.2 Å². The lowest BCUT2D eigenvalue weighted by atomic mass is 9.86. The van der Waals surface area contributed by atoms with Crippen molar-refractivity contribution in [1.29, 1.82) is 0 Å². The lowest BCUT2D eigenvalue weighted by Gasteiger charge is -2.28. The average molecular weight is 487 g/mol. The normalized spacial score (nSPS) is 18.3. The molecule has 10 heteroatoms. The largest absolute Gasteiger partial charge is 0.465 e. The third-order valence-electron chi connectivity index (χ3n) is 6.28. The highest BCUT2D eigenvalue weighted by Gasteiger charge is 2.35. The Kier molecular flexibility index (Phi) is 8.71. The van der Waals surface area contributed by atoms with Gasteiger partial charge in [-0.3, -0.25) is 4.79 Å². The first-order chi connectivity index (χ1) is 15.3. The summed E-state index contributed by atoms with van der Waals surface area (Å²) < 4.78 is 38.5. The summed E-state index contributed by atoms with van der Waals surface area (Å²) in [5, 5.41) is 0. The Labute approximate surface area is 194 Å². The van der Waals surface area contributed by atoms with E-state index in [2.05, 4.69) is 4.72 Å². The van der Waals surface area contributed by atoms with Gasteiger partial charge in [-0.15, -0.1) is 11.3 Å². The van der Waals surface area contributed by atoms with Crippen LogP contribution in [0.4, 0.5) is 0 Å². The maximum atomic E-state index is 13.0. The fraction of sp³-hybridized carbons (Fsp3) is 0.727. The molecule has 0 saturated heterocycles. The molecule has 1 unspecified atom stereocenters. The number of nitrogens with zero attached hydrogens (tertiary/aromatic N) is 1. The van der Waals surface area contributed by atoms with E-state index < -0.39 is 22.0 Å². The number of rotatable bonds is 9. The third-order valence-corrected chi connectivity index (χ3v) is 9.60. The van der Waals surface area contributed by atoms with E-state index >= 15 is 0 Å². The van der Waals surface area contributed by atoms with Crippen LogP contribution in [0, 0.1) is 5.92 Å². The molecule has 1 aromatic heterocycles. The lowest BCUT2D eigenvalue weighted by molar-refractivity contribution is -0.132. The van der Waals surface area contributed by atoms with Crippen LogP contribution in [0.25, 0.3) is 0 Å². The number of amides is 1. The van der Waals surface area contributed by atoms with Crippen molar-refractivity contribution < 1.29 is 27.5 Å². The Morgan fingerprint density at radius 2 is 1.94 bits per heavy atom. The van der Waals surface area contributed by atoms with Crippen molar-refractivity contribution in [3.63, 3.8) is 0 Å². The fourth-order valence-electron chi connectivity index (χ4n) is 4.65. The van der Waals surface area contributed by atoms with Crippen molar-refractivity contribution in [3.8, 4) is 0 Å². The van der Waals surface area contributed by atoms with Crippen LogP contribution in [0.3, 0.4) is 0 Å². The van der Waals surface area contributed by atoms with Crippen molar-refractivity contribution in [2.45, 2.75) is 75.1 Å². The van der Waals surface area contributed by atoms with Crippen LogP contribution in [0.5, 0.6) is 0 Å². The third kappa shape index (κ3) is 5.89. The Balaban J connectivity index is 1.77. The van der Waals surface area contributed by atoms with Crippen molar-refractivity contribution in [1.82, 2.24) is 9.62 Å². The molecular weight excluding hydrogens is 452 g/mol. The first kappa shape index (κ1) is 25.1. The van der Waals surface area contributed by atoms with Gasteiger partial charge in [-0.25, -0.2) is 17.9 Å². The second kappa shape index (κ2) is 11.1. The van der Waals surface area contributed by atoms with Gasteiger partial charge in [-0.1, -0.05) is 32.1 Å². The second-order valence-corrected chi connectivity index (χ2v) is 11.8. The van der Waals surface area contributed by atoms with Gasteiger partial charge in [-0.05, 0) is 31.2 Å². The minimum Gasteiger partial charge on any atom is -0.465 e. The molecule has 2 aliphatic rings. The molecule has 180 valence electrons. The molecule has 0 radical (unpaired) electrons. The number of esters is 1. The highest BCUT2D eigenvalue weighted by molar-refractivity contribution is 7.91. The summed E-state index contributed by atoms with van der Waals surface area (Å²) >= 11 is 1.05. The SMILES string of the molecule is COCC(C)NS(=O)(=O)c1sc2c(c1C(=O)OC)CCN(C(=O)CCC1CCCCC1)C2. The standard InChI is InChI=1S/C22H34N2O6S2/c1-15(14-29-2)23-32(27,28)22-20(21(26)30-3)17-11-12-24(13-18(17)31-22)19(25)10-9-16-7-5-4-6-8-16/h15-16,23H,4-14H2,1-3H3. The monoisotopic (exact) mass is 486 g/mol. The predicted molar refractivity (Wildman–Crippen MR) is 122 cm³/mol. The van der Waals surface area contributed by atoms with E-state index in [9.17, 15) is 18.0 Å². The summed E-state index contributed by atoms with van der Waals surface area (Å²) in [5.41, 5.74) is 0.775. The molecule has 0 spiro atoms. The van der Waals surface area contributed by atoms with Gasteiger partial charge >= 0.3 is 5.97 Å². The van der Waals surface area contributed by atoms with E-state index in [1.165, 1.54) is 46.3 Å². The fourth-order valence-corrected chi connectivity index (χ4v) is 7.80. The zero-order chi connectivity index (χ0) is 23.3. The summed E-state index contributed by atoms with van der Waals surface area (Å²) in [7, 11) is -1.20. The molecule has 1 saturated carbocycles. The molecule has 32 heavy (non-hydrogen) atoms. The van der Waals surface area contributed by atoms with Gasteiger partial charge in [0.05, 0.1) is 25.8 Å². The van der Waals surface area contributed by atoms with E-state index in [0.29, 0.717) is 37.4 Å².